The summed E-state index contributed by atoms with van der Waals surface area (Å²) in [6, 6.07) is -2.64. The average Bonchev–Trinajstić information content (AvgIpc) is 3.02. The van der Waals surface area contributed by atoms with Crippen LogP contribution in [-0.4, -0.2) is 130 Å². The molecule has 1 saturated heterocycles. The largest absolute Gasteiger partial charge is 0.395 e. The van der Waals surface area contributed by atoms with E-state index in [9.17, 15) is 30.6 Å². The van der Waals surface area contributed by atoms with Gasteiger partial charge in [0.1, 0.15) is 42.7 Å². The molecule has 4 unspecified atom stereocenters. The minimum atomic E-state index is -1.44. The predicted molar refractivity (Wildman–Crippen MR) is 109 cm³/mol. The molecule has 2 aliphatic rings. The molecule has 2 rings (SSSR count). The number of nitrogens with two attached hydrogens (primary N) is 4. The summed E-state index contributed by atoms with van der Waals surface area (Å²) in [4.78, 5) is 0. The molecule has 0 bridgehead atoms. The van der Waals surface area contributed by atoms with Crippen LogP contribution < -0.4 is 22.9 Å². The molecule has 14 N–H and O–H groups in total. The predicted octanol–water partition coefficient (Wildman–Crippen LogP) is -6.01. The van der Waals surface area contributed by atoms with E-state index in [2.05, 4.69) is 0 Å². The maximum atomic E-state index is 10.9. The maximum absolute atomic E-state index is 10.9. The highest BCUT2D eigenvalue weighted by molar-refractivity contribution is 5.00. The van der Waals surface area contributed by atoms with Gasteiger partial charge in [0, 0.05) is 18.6 Å². The van der Waals surface area contributed by atoms with Crippen LogP contribution in [0.25, 0.3) is 0 Å². The fourth-order valence-corrected chi connectivity index (χ4v) is 3.77. The molecule has 14 heteroatoms. The smallest absolute Gasteiger partial charge is 0.187 e. The number of rotatable bonds is 11. The van der Waals surface area contributed by atoms with E-state index in [0.29, 0.717) is 0 Å². The zero-order valence-corrected chi connectivity index (χ0v) is 18.0. The SMILES string of the molecule is C[C@H](O)C(CO)O[C@H](O[C@@H]1C(N)C[C@@H](N)[C@@H](O[C@@H]2O[C@H](CN)C(O)[C@@H]2O)C1O)[C@@H](N)CO. The molecule has 1 aliphatic heterocycles. The van der Waals surface area contributed by atoms with Gasteiger partial charge >= 0.3 is 0 Å². The maximum Gasteiger partial charge on any atom is 0.187 e. The first kappa shape index (κ1) is 27.7. The number of hydrogen-bond acceptors (Lipinski definition) is 14. The fourth-order valence-electron chi connectivity index (χ4n) is 3.77. The van der Waals surface area contributed by atoms with E-state index in [1.807, 2.05) is 0 Å². The van der Waals surface area contributed by atoms with Gasteiger partial charge in [-0.15, -0.1) is 0 Å². The van der Waals surface area contributed by atoms with Crippen molar-refractivity contribution in [2.45, 2.75) is 92.9 Å². The lowest BCUT2D eigenvalue weighted by atomic mass is 9.84. The van der Waals surface area contributed by atoms with Gasteiger partial charge in [-0.1, -0.05) is 0 Å². The normalized spacial score (nSPS) is 41.9. The van der Waals surface area contributed by atoms with Crippen molar-refractivity contribution < 1.29 is 49.6 Å². The summed E-state index contributed by atoms with van der Waals surface area (Å²) in [6.07, 6.45) is -11.9. The first-order chi connectivity index (χ1) is 15.0. The summed E-state index contributed by atoms with van der Waals surface area (Å²) in [5, 5.41) is 59.6. The van der Waals surface area contributed by atoms with Gasteiger partial charge in [0.25, 0.3) is 0 Å². The molecule has 0 aromatic heterocycles. The number of aliphatic hydroxyl groups is 6. The van der Waals surface area contributed by atoms with Crippen molar-refractivity contribution in [2.75, 3.05) is 19.8 Å². The standard InChI is InChI=1S/C18H38N4O10/c1-6(25)11(5-24)30-17(9(22)4-23)31-15-7(20)2-8(21)16(14(15)28)32-18-13(27)12(26)10(3-19)29-18/h6-18,23-28H,2-5,19-22H2,1H3/t6-,7?,8+,9-,10+,11?,12?,13-,14?,15+,16+,17+,18-/m0/s1. The lowest BCUT2D eigenvalue weighted by Crippen LogP contribution is -2.65. The Hall–Kier alpha value is -0.560. The molecule has 0 radical (unpaired) electrons. The average molecular weight is 471 g/mol. The molecule has 0 amide bonds. The van der Waals surface area contributed by atoms with E-state index in [0.717, 1.165) is 0 Å². The van der Waals surface area contributed by atoms with E-state index < -0.39 is 92.8 Å². The molecule has 32 heavy (non-hydrogen) atoms. The summed E-state index contributed by atoms with van der Waals surface area (Å²) in [5.74, 6) is 0. The van der Waals surface area contributed by atoms with Crippen LogP contribution >= 0.6 is 0 Å². The van der Waals surface area contributed by atoms with Crippen LogP contribution in [0.4, 0.5) is 0 Å². The van der Waals surface area contributed by atoms with E-state index in [1.165, 1.54) is 6.92 Å². The van der Waals surface area contributed by atoms with Crippen LogP contribution in [0.15, 0.2) is 0 Å². The first-order valence-corrected chi connectivity index (χ1v) is 10.6. The third kappa shape index (κ3) is 6.31. The first-order valence-electron chi connectivity index (χ1n) is 10.6. The van der Waals surface area contributed by atoms with Gasteiger partial charge in [-0.05, 0) is 13.3 Å². The Balaban J connectivity index is 2.14. The Labute approximate surface area is 186 Å². The molecular formula is C18H38N4O10. The van der Waals surface area contributed by atoms with Crippen molar-refractivity contribution >= 4 is 0 Å². The van der Waals surface area contributed by atoms with E-state index >= 15 is 0 Å². The second-order valence-electron chi connectivity index (χ2n) is 8.33. The highest BCUT2D eigenvalue weighted by atomic mass is 16.7. The highest BCUT2D eigenvalue weighted by Gasteiger charge is 2.49. The molecule has 0 spiro atoms. The van der Waals surface area contributed by atoms with Gasteiger partial charge in [0.15, 0.2) is 12.6 Å². The summed E-state index contributed by atoms with van der Waals surface area (Å²) in [5.41, 5.74) is 23.6. The third-order valence-electron chi connectivity index (χ3n) is 5.78. The van der Waals surface area contributed by atoms with Crippen molar-refractivity contribution in [3.05, 3.63) is 0 Å². The monoisotopic (exact) mass is 470 g/mol. The van der Waals surface area contributed by atoms with E-state index in [-0.39, 0.29) is 13.0 Å². The number of hydrogen-bond donors (Lipinski definition) is 10. The highest BCUT2D eigenvalue weighted by Crippen LogP contribution is 2.30. The summed E-state index contributed by atoms with van der Waals surface area (Å²) in [6.45, 7) is 0.234. The van der Waals surface area contributed by atoms with Crippen LogP contribution in [0.1, 0.15) is 13.3 Å². The third-order valence-corrected chi connectivity index (χ3v) is 5.78. The summed E-state index contributed by atoms with van der Waals surface area (Å²) >= 11 is 0. The Kier molecular flexibility index (Phi) is 10.6. The van der Waals surface area contributed by atoms with Gasteiger partial charge in [-0.2, -0.15) is 0 Å². The van der Waals surface area contributed by atoms with Crippen LogP contribution in [0.3, 0.4) is 0 Å². The quantitative estimate of drug-likeness (QED) is 0.126. The second-order valence-corrected chi connectivity index (χ2v) is 8.33. The fraction of sp³-hybridized carbons (Fsp3) is 1.00. The van der Waals surface area contributed by atoms with Crippen molar-refractivity contribution in [1.29, 1.82) is 0 Å². The Bertz CT molecular complexity index is 564. The molecule has 1 heterocycles. The van der Waals surface area contributed by atoms with Crippen molar-refractivity contribution in [3.8, 4) is 0 Å². The lowest BCUT2D eigenvalue weighted by Gasteiger charge is -2.44. The minimum Gasteiger partial charge on any atom is -0.395 e. The number of aliphatic hydroxyl groups excluding tert-OH is 6. The molecule has 1 aliphatic carbocycles. The minimum absolute atomic E-state index is 0.0542. The van der Waals surface area contributed by atoms with E-state index in [1.54, 1.807) is 0 Å². The zero-order chi connectivity index (χ0) is 24.2. The molecule has 1 saturated carbocycles. The molecule has 14 nitrogen and oxygen atoms in total. The van der Waals surface area contributed by atoms with Gasteiger partial charge in [0.05, 0.1) is 25.4 Å². The van der Waals surface area contributed by atoms with Crippen molar-refractivity contribution in [1.82, 2.24) is 0 Å². The van der Waals surface area contributed by atoms with Gasteiger partial charge in [0.2, 0.25) is 0 Å². The topological polar surface area (TPSA) is 262 Å². The summed E-state index contributed by atoms with van der Waals surface area (Å²) < 4.78 is 22.4. The summed E-state index contributed by atoms with van der Waals surface area (Å²) in [7, 11) is 0. The Morgan fingerprint density at radius 3 is 2.12 bits per heavy atom. The lowest BCUT2D eigenvalue weighted by molar-refractivity contribution is -0.274. The molecule has 2 fully saturated rings. The zero-order valence-electron chi connectivity index (χ0n) is 18.0. The van der Waals surface area contributed by atoms with Crippen LogP contribution in [-0.2, 0) is 18.9 Å². The Morgan fingerprint density at radius 1 is 1.00 bits per heavy atom. The van der Waals surface area contributed by atoms with Crippen LogP contribution in [0.2, 0.25) is 0 Å². The van der Waals surface area contributed by atoms with Gasteiger partial charge < -0.3 is 72.5 Å². The van der Waals surface area contributed by atoms with Crippen molar-refractivity contribution in [3.63, 3.8) is 0 Å². The molecule has 190 valence electrons. The van der Waals surface area contributed by atoms with E-state index in [4.69, 9.17) is 41.9 Å². The Morgan fingerprint density at radius 2 is 1.62 bits per heavy atom. The van der Waals surface area contributed by atoms with Crippen LogP contribution in [0.5, 0.6) is 0 Å². The number of ether oxygens (including phenoxy) is 4. The molecular weight excluding hydrogens is 432 g/mol. The van der Waals surface area contributed by atoms with Gasteiger partial charge in [-0.25, -0.2) is 0 Å². The van der Waals surface area contributed by atoms with Crippen LogP contribution in [0, 0.1) is 0 Å². The van der Waals surface area contributed by atoms with Gasteiger partial charge in [-0.3, -0.25) is 0 Å². The molecule has 0 aromatic carbocycles. The molecule has 0 aromatic rings. The van der Waals surface area contributed by atoms with Crippen molar-refractivity contribution in [2.24, 2.45) is 22.9 Å². The molecule has 13 atom stereocenters. The second kappa shape index (κ2) is 12.2.